The molecule has 1 unspecified atom stereocenters. The predicted molar refractivity (Wildman–Crippen MR) is 107 cm³/mol. The van der Waals surface area contributed by atoms with E-state index in [-0.39, 0.29) is 12.3 Å². The highest BCUT2D eigenvalue weighted by molar-refractivity contribution is 6.23. The first-order valence-electron chi connectivity index (χ1n) is 9.38. The van der Waals surface area contributed by atoms with Crippen molar-refractivity contribution in [3.05, 3.63) is 65.2 Å². The maximum absolute atomic E-state index is 13.0. The molecule has 2 aromatic carbocycles. The number of aryl methyl sites for hydroxylation is 1. The van der Waals surface area contributed by atoms with Crippen molar-refractivity contribution in [3.63, 3.8) is 0 Å². The Labute approximate surface area is 168 Å². The molecule has 2 N–H and O–H groups in total. The largest absolute Gasteiger partial charge is 0.481 e. The van der Waals surface area contributed by atoms with Gasteiger partial charge in [-0.3, -0.25) is 24.1 Å². The van der Waals surface area contributed by atoms with Gasteiger partial charge in [0.1, 0.15) is 6.04 Å². The molecule has 0 aromatic heterocycles. The number of nitrogens with one attached hydrogen (secondary N) is 1. The van der Waals surface area contributed by atoms with Crippen LogP contribution in [0.25, 0.3) is 0 Å². The second-order valence-corrected chi connectivity index (χ2v) is 7.30. The number of aliphatic carboxylic acids is 1. The summed E-state index contributed by atoms with van der Waals surface area (Å²) < 4.78 is 0. The van der Waals surface area contributed by atoms with E-state index < -0.39 is 29.7 Å². The Balaban J connectivity index is 1.81. The number of imide groups is 1. The van der Waals surface area contributed by atoms with Gasteiger partial charge in [0.05, 0.1) is 11.1 Å². The number of hydrogen-bond donors (Lipinski definition) is 2. The topological polar surface area (TPSA) is 104 Å². The van der Waals surface area contributed by atoms with Crippen LogP contribution in [0.2, 0.25) is 0 Å². The number of carboxylic acid groups (broad SMARTS) is 1. The van der Waals surface area contributed by atoms with Crippen molar-refractivity contribution in [2.45, 2.75) is 32.7 Å². The molecule has 0 saturated carbocycles. The summed E-state index contributed by atoms with van der Waals surface area (Å²) in [4.78, 5) is 50.4. The number of anilines is 1. The average molecular weight is 394 g/mol. The summed E-state index contributed by atoms with van der Waals surface area (Å²) in [6, 6.07) is 12.4. The van der Waals surface area contributed by atoms with E-state index in [1.807, 2.05) is 0 Å². The van der Waals surface area contributed by atoms with Gasteiger partial charge in [0, 0.05) is 12.1 Å². The Kier molecular flexibility index (Phi) is 5.77. The van der Waals surface area contributed by atoms with Gasteiger partial charge in [-0.05, 0) is 42.2 Å². The molecule has 0 radical (unpaired) electrons. The standard InChI is InChI=1S/C22H22N2O5/c1-13(2)19(24-21(28)16-8-3-4-9-17(16)22(24)29)20(27)23-15-7-5-6-14(12-15)10-11-18(25)26/h3-9,12-13,19H,10-11H2,1-2H3,(H,23,27)(H,25,26). The number of carbonyl (C=O) groups is 4. The molecule has 150 valence electrons. The number of benzene rings is 2. The molecule has 0 spiro atoms. The summed E-state index contributed by atoms with van der Waals surface area (Å²) in [6.45, 7) is 3.55. The van der Waals surface area contributed by atoms with Gasteiger partial charge in [-0.1, -0.05) is 38.1 Å². The number of amides is 3. The van der Waals surface area contributed by atoms with Crippen LogP contribution in [0.5, 0.6) is 0 Å². The lowest BCUT2D eigenvalue weighted by Gasteiger charge is -2.28. The van der Waals surface area contributed by atoms with Crippen molar-refractivity contribution in [2.75, 3.05) is 5.32 Å². The van der Waals surface area contributed by atoms with Crippen molar-refractivity contribution in [1.29, 1.82) is 0 Å². The van der Waals surface area contributed by atoms with E-state index in [9.17, 15) is 19.2 Å². The van der Waals surface area contributed by atoms with Crippen LogP contribution < -0.4 is 5.32 Å². The molecule has 1 aliphatic heterocycles. The molecule has 7 nitrogen and oxygen atoms in total. The SMILES string of the molecule is CC(C)C(C(=O)Nc1cccc(CCC(=O)O)c1)N1C(=O)c2ccccc2C1=O. The van der Waals surface area contributed by atoms with Gasteiger partial charge in [0.2, 0.25) is 5.91 Å². The van der Waals surface area contributed by atoms with Gasteiger partial charge in [0.25, 0.3) is 11.8 Å². The second-order valence-electron chi connectivity index (χ2n) is 7.30. The van der Waals surface area contributed by atoms with Crippen LogP contribution >= 0.6 is 0 Å². The fraction of sp³-hybridized carbons (Fsp3) is 0.273. The highest BCUT2D eigenvalue weighted by Gasteiger charge is 2.43. The molecule has 1 aliphatic rings. The maximum atomic E-state index is 13.0. The Morgan fingerprint density at radius 1 is 1.00 bits per heavy atom. The summed E-state index contributed by atoms with van der Waals surface area (Å²) in [5.41, 5.74) is 1.85. The van der Waals surface area contributed by atoms with Crippen LogP contribution in [0.1, 0.15) is 46.5 Å². The molecule has 3 rings (SSSR count). The third-order valence-electron chi connectivity index (χ3n) is 4.83. The van der Waals surface area contributed by atoms with E-state index in [0.29, 0.717) is 23.2 Å². The predicted octanol–water partition coefficient (Wildman–Crippen LogP) is 2.96. The Hall–Kier alpha value is -3.48. The summed E-state index contributed by atoms with van der Waals surface area (Å²) in [5.74, 6) is -2.62. The zero-order valence-corrected chi connectivity index (χ0v) is 16.2. The summed E-state index contributed by atoms with van der Waals surface area (Å²) in [6.07, 6.45) is 0.326. The number of rotatable bonds is 7. The molecule has 0 aliphatic carbocycles. The van der Waals surface area contributed by atoms with E-state index in [0.717, 1.165) is 10.5 Å². The van der Waals surface area contributed by atoms with E-state index >= 15 is 0 Å². The maximum Gasteiger partial charge on any atom is 0.303 e. The van der Waals surface area contributed by atoms with Gasteiger partial charge in [0.15, 0.2) is 0 Å². The highest BCUT2D eigenvalue weighted by Crippen LogP contribution is 2.28. The average Bonchev–Trinajstić information content (AvgIpc) is 2.92. The van der Waals surface area contributed by atoms with E-state index in [1.165, 1.54) is 0 Å². The van der Waals surface area contributed by atoms with Gasteiger partial charge >= 0.3 is 5.97 Å². The number of nitrogens with zero attached hydrogens (tertiary/aromatic N) is 1. The van der Waals surface area contributed by atoms with Gasteiger partial charge < -0.3 is 10.4 Å². The Morgan fingerprint density at radius 3 is 2.17 bits per heavy atom. The summed E-state index contributed by atoms with van der Waals surface area (Å²) in [7, 11) is 0. The van der Waals surface area contributed by atoms with Crippen LogP contribution in [0, 0.1) is 5.92 Å². The zero-order chi connectivity index (χ0) is 21.1. The summed E-state index contributed by atoms with van der Waals surface area (Å²) in [5, 5.41) is 11.6. The van der Waals surface area contributed by atoms with Crippen LogP contribution in [0.4, 0.5) is 5.69 Å². The number of fused-ring (bicyclic) bond motifs is 1. The fourth-order valence-corrected chi connectivity index (χ4v) is 3.45. The molecule has 0 saturated heterocycles. The minimum absolute atomic E-state index is 0.0128. The third-order valence-corrected chi connectivity index (χ3v) is 4.83. The van der Waals surface area contributed by atoms with Gasteiger partial charge in [-0.25, -0.2) is 0 Å². The van der Waals surface area contributed by atoms with Gasteiger partial charge in [-0.15, -0.1) is 0 Å². The minimum Gasteiger partial charge on any atom is -0.481 e. The van der Waals surface area contributed by atoms with Crippen LogP contribution in [-0.2, 0) is 16.0 Å². The first-order chi connectivity index (χ1) is 13.8. The van der Waals surface area contributed by atoms with Gasteiger partial charge in [-0.2, -0.15) is 0 Å². The smallest absolute Gasteiger partial charge is 0.303 e. The summed E-state index contributed by atoms with van der Waals surface area (Å²) >= 11 is 0. The molecule has 0 fully saturated rings. The third kappa shape index (κ3) is 4.18. The van der Waals surface area contributed by atoms with Crippen LogP contribution in [-0.4, -0.2) is 39.7 Å². The van der Waals surface area contributed by atoms with E-state index in [4.69, 9.17) is 5.11 Å². The molecular weight excluding hydrogens is 372 g/mol. The molecule has 29 heavy (non-hydrogen) atoms. The quantitative estimate of drug-likeness (QED) is 0.703. The van der Waals surface area contributed by atoms with Crippen molar-refractivity contribution in [2.24, 2.45) is 5.92 Å². The van der Waals surface area contributed by atoms with E-state index in [2.05, 4.69) is 5.32 Å². The zero-order valence-electron chi connectivity index (χ0n) is 16.2. The second kappa shape index (κ2) is 8.26. The monoisotopic (exact) mass is 394 g/mol. The van der Waals surface area contributed by atoms with Crippen molar-refractivity contribution < 1.29 is 24.3 Å². The van der Waals surface area contributed by atoms with Crippen LogP contribution in [0.3, 0.4) is 0 Å². The first kappa shape index (κ1) is 20.3. The van der Waals surface area contributed by atoms with Crippen molar-refractivity contribution >= 4 is 29.4 Å². The normalized spacial score (nSPS) is 14.1. The van der Waals surface area contributed by atoms with Crippen molar-refractivity contribution in [1.82, 2.24) is 4.90 Å². The molecule has 7 heteroatoms. The molecule has 3 amide bonds. The first-order valence-corrected chi connectivity index (χ1v) is 9.38. The minimum atomic E-state index is -0.968. The highest BCUT2D eigenvalue weighted by atomic mass is 16.4. The Morgan fingerprint density at radius 2 is 1.62 bits per heavy atom. The lowest BCUT2D eigenvalue weighted by molar-refractivity contribution is -0.137. The van der Waals surface area contributed by atoms with E-state index in [1.54, 1.807) is 62.4 Å². The molecule has 1 atom stereocenters. The Bertz CT molecular complexity index is 948. The number of hydrogen-bond acceptors (Lipinski definition) is 4. The fourth-order valence-electron chi connectivity index (χ4n) is 3.45. The molecule has 1 heterocycles. The number of carbonyl (C=O) groups excluding carboxylic acids is 3. The lowest BCUT2D eigenvalue weighted by atomic mass is 10.0. The number of carboxylic acids is 1. The van der Waals surface area contributed by atoms with Crippen LogP contribution in [0.15, 0.2) is 48.5 Å². The molecular formula is C22H22N2O5. The lowest BCUT2D eigenvalue weighted by Crippen LogP contribution is -2.50. The molecule has 2 aromatic rings. The van der Waals surface area contributed by atoms with Crippen molar-refractivity contribution in [3.8, 4) is 0 Å². The molecule has 0 bridgehead atoms.